The lowest BCUT2D eigenvalue weighted by atomic mass is 10.1. The zero-order valence-electron chi connectivity index (χ0n) is 6.72. The van der Waals surface area contributed by atoms with Gasteiger partial charge in [0.15, 0.2) is 0 Å². The summed E-state index contributed by atoms with van der Waals surface area (Å²) in [5.74, 6) is 0. The molecule has 0 aliphatic heterocycles. The monoisotopic (exact) mass is 165 g/mol. The fourth-order valence-corrected chi connectivity index (χ4v) is 1.22. The van der Waals surface area contributed by atoms with Gasteiger partial charge in [-0.1, -0.05) is 30.4 Å². The van der Waals surface area contributed by atoms with Crippen molar-refractivity contribution in [3.05, 3.63) is 29.3 Å². The third-order valence-electron chi connectivity index (χ3n) is 1.68. The van der Waals surface area contributed by atoms with Crippen molar-refractivity contribution in [3.8, 4) is 0 Å². The Bertz CT molecular complexity index is 248. The summed E-state index contributed by atoms with van der Waals surface area (Å²) < 4.78 is 0. The van der Waals surface area contributed by atoms with Gasteiger partial charge in [-0.25, -0.2) is 0 Å². The molecule has 1 aromatic rings. The molecule has 1 rings (SSSR count). The van der Waals surface area contributed by atoms with E-state index in [1.54, 1.807) is 0 Å². The molecule has 0 bridgehead atoms. The lowest BCUT2D eigenvalue weighted by Gasteiger charge is -2.07. The second-order valence-corrected chi connectivity index (χ2v) is 2.76. The van der Waals surface area contributed by atoms with Crippen molar-refractivity contribution in [1.82, 2.24) is 0 Å². The van der Waals surface area contributed by atoms with Gasteiger partial charge in [-0.3, -0.25) is 0 Å². The highest BCUT2D eigenvalue weighted by atomic mass is 32.1. The van der Waals surface area contributed by atoms with Crippen LogP contribution in [-0.2, 0) is 0 Å². The molecule has 0 radical (unpaired) electrons. The Hall–Kier alpha value is -0.890. The molecule has 1 nitrogen and oxygen atoms in total. The van der Waals surface area contributed by atoms with Crippen LogP contribution in [0.4, 0.5) is 5.69 Å². The molecule has 0 amide bonds. The van der Waals surface area contributed by atoms with Crippen molar-refractivity contribution >= 4 is 23.4 Å². The number of hydrogen-bond acceptors (Lipinski definition) is 1. The number of benzene rings is 1. The first-order valence-electron chi connectivity index (χ1n) is 3.52. The van der Waals surface area contributed by atoms with Gasteiger partial charge in [0, 0.05) is 5.69 Å². The van der Waals surface area contributed by atoms with Gasteiger partial charge in [0.05, 0.1) is 5.49 Å². The normalized spacial score (nSPS) is 9.27. The first-order valence-corrected chi connectivity index (χ1v) is 3.99. The molecule has 58 valence electrons. The molecule has 0 spiro atoms. The summed E-state index contributed by atoms with van der Waals surface area (Å²) >= 11 is 4.72. The molecule has 0 atom stereocenters. The van der Waals surface area contributed by atoms with E-state index in [1.165, 1.54) is 16.6 Å². The number of nitrogens with one attached hydrogen (secondary N) is 1. The minimum absolute atomic E-state index is 1.13. The van der Waals surface area contributed by atoms with Crippen molar-refractivity contribution in [1.29, 1.82) is 0 Å². The van der Waals surface area contributed by atoms with Gasteiger partial charge < -0.3 is 5.32 Å². The largest absolute Gasteiger partial charge is 0.352 e. The van der Waals surface area contributed by atoms with E-state index in [0.717, 1.165) is 5.69 Å². The second kappa shape index (κ2) is 3.49. The summed E-state index contributed by atoms with van der Waals surface area (Å²) in [5, 5.41) is 3.03. The van der Waals surface area contributed by atoms with Crippen molar-refractivity contribution in [2.75, 3.05) is 5.32 Å². The number of anilines is 1. The topological polar surface area (TPSA) is 12.0 Å². The van der Waals surface area contributed by atoms with Crippen LogP contribution in [0.5, 0.6) is 0 Å². The standard InChI is InChI=1S/C9H11NS/c1-7-4-3-5-8(2)9(7)10-6-11/h3-6H,1-2H3,(H,10,11). The van der Waals surface area contributed by atoms with Crippen LogP contribution in [0.3, 0.4) is 0 Å². The maximum Gasteiger partial charge on any atom is 0.0659 e. The Morgan fingerprint density at radius 3 is 2.27 bits per heavy atom. The van der Waals surface area contributed by atoms with E-state index in [2.05, 4.69) is 31.3 Å². The first kappa shape index (κ1) is 8.21. The maximum atomic E-state index is 4.72. The first-order chi connectivity index (χ1) is 5.25. The van der Waals surface area contributed by atoms with Crippen LogP contribution in [0, 0.1) is 13.8 Å². The summed E-state index contributed by atoms with van der Waals surface area (Å²) in [5.41, 5.74) is 5.12. The maximum absolute atomic E-state index is 4.72. The molecule has 0 heterocycles. The molecular formula is C9H11NS. The summed E-state index contributed by atoms with van der Waals surface area (Å²) in [7, 11) is 0. The predicted molar refractivity (Wildman–Crippen MR) is 53.2 cm³/mol. The van der Waals surface area contributed by atoms with Crippen molar-refractivity contribution in [2.24, 2.45) is 0 Å². The minimum atomic E-state index is 1.13. The fourth-order valence-electron chi connectivity index (χ4n) is 1.10. The molecular weight excluding hydrogens is 154 g/mol. The van der Waals surface area contributed by atoms with Gasteiger partial charge in [-0.2, -0.15) is 0 Å². The van der Waals surface area contributed by atoms with Crippen LogP contribution in [0.2, 0.25) is 0 Å². The number of hydrogen-bond donors (Lipinski definition) is 1. The van der Waals surface area contributed by atoms with Crippen LogP contribution in [-0.4, -0.2) is 5.49 Å². The average Bonchev–Trinajstić information content (AvgIpc) is 1.97. The molecule has 0 unspecified atom stereocenters. The summed E-state index contributed by atoms with van der Waals surface area (Å²) in [6.45, 7) is 4.13. The van der Waals surface area contributed by atoms with Gasteiger partial charge >= 0.3 is 0 Å². The van der Waals surface area contributed by atoms with Crippen molar-refractivity contribution in [2.45, 2.75) is 13.8 Å². The molecule has 0 saturated heterocycles. The quantitative estimate of drug-likeness (QED) is 0.676. The van der Waals surface area contributed by atoms with E-state index in [-0.39, 0.29) is 0 Å². The Labute approximate surface area is 72.4 Å². The molecule has 1 N–H and O–H groups in total. The van der Waals surface area contributed by atoms with Crippen molar-refractivity contribution in [3.63, 3.8) is 0 Å². The molecule has 11 heavy (non-hydrogen) atoms. The highest BCUT2D eigenvalue weighted by molar-refractivity contribution is 7.79. The van der Waals surface area contributed by atoms with Gasteiger partial charge in [-0.05, 0) is 25.0 Å². The molecule has 2 heteroatoms. The smallest absolute Gasteiger partial charge is 0.0659 e. The number of rotatable bonds is 2. The zero-order chi connectivity index (χ0) is 8.27. The third kappa shape index (κ3) is 1.77. The van der Waals surface area contributed by atoms with Gasteiger partial charge in [0.25, 0.3) is 0 Å². The Morgan fingerprint density at radius 2 is 1.82 bits per heavy atom. The molecule has 1 aromatic carbocycles. The predicted octanol–water partition coefficient (Wildman–Crippen LogP) is 2.67. The Balaban J connectivity index is 3.09. The molecule has 0 fully saturated rings. The van der Waals surface area contributed by atoms with Gasteiger partial charge in [-0.15, -0.1) is 0 Å². The fraction of sp³-hybridized carbons (Fsp3) is 0.222. The zero-order valence-corrected chi connectivity index (χ0v) is 7.53. The molecule has 0 aliphatic rings. The lowest BCUT2D eigenvalue weighted by Crippen LogP contribution is -1.96. The van der Waals surface area contributed by atoms with Crippen LogP contribution < -0.4 is 5.32 Å². The van der Waals surface area contributed by atoms with Crippen molar-refractivity contribution < 1.29 is 0 Å². The highest BCUT2D eigenvalue weighted by Crippen LogP contribution is 2.18. The molecule has 0 saturated carbocycles. The van der Waals surface area contributed by atoms with E-state index in [9.17, 15) is 0 Å². The Morgan fingerprint density at radius 1 is 1.27 bits per heavy atom. The SMILES string of the molecule is Cc1cccc(C)c1NC=S. The summed E-state index contributed by atoms with van der Waals surface area (Å²) in [6.07, 6.45) is 0. The second-order valence-electron chi connectivity index (χ2n) is 2.53. The lowest BCUT2D eigenvalue weighted by molar-refractivity contribution is 1.38. The number of para-hydroxylation sites is 1. The summed E-state index contributed by atoms with van der Waals surface area (Å²) in [4.78, 5) is 0. The van der Waals surface area contributed by atoms with Crippen LogP contribution in [0.15, 0.2) is 18.2 Å². The molecule has 0 aliphatic carbocycles. The van der Waals surface area contributed by atoms with E-state index in [1.807, 2.05) is 6.07 Å². The third-order valence-corrected chi connectivity index (χ3v) is 1.80. The van der Waals surface area contributed by atoms with Crippen LogP contribution in [0.25, 0.3) is 0 Å². The number of thiocarbonyl (C=S) groups is 1. The highest BCUT2D eigenvalue weighted by Gasteiger charge is 1.97. The number of aryl methyl sites for hydroxylation is 2. The van der Waals surface area contributed by atoms with E-state index in [4.69, 9.17) is 12.2 Å². The van der Waals surface area contributed by atoms with E-state index in [0.29, 0.717) is 0 Å². The van der Waals surface area contributed by atoms with Gasteiger partial charge in [0.1, 0.15) is 0 Å². The Kier molecular flexibility index (Phi) is 2.60. The average molecular weight is 165 g/mol. The van der Waals surface area contributed by atoms with Gasteiger partial charge in [0.2, 0.25) is 0 Å². The summed E-state index contributed by atoms with van der Waals surface area (Å²) in [6, 6.07) is 6.17. The minimum Gasteiger partial charge on any atom is -0.352 e. The van der Waals surface area contributed by atoms with Crippen LogP contribution >= 0.6 is 12.2 Å². The van der Waals surface area contributed by atoms with Crippen LogP contribution in [0.1, 0.15) is 11.1 Å². The van der Waals surface area contributed by atoms with E-state index < -0.39 is 0 Å². The van der Waals surface area contributed by atoms with E-state index >= 15 is 0 Å². The molecule has 0 aromatic heterocycles.